The van der Waals surface area contributed by atoms with E-state index >= 15 is 0 Å². The number of aryl methyl sites for hydroxylation is 1. The van der Waals surface area contributed by atoms with E-state index in [2.05, 4.69) is 4.98 Å². The summed E-state index contributed by atoms with van der Waals surface area (Å²) in [6.45, 7) is 0. The molecule has 1 heterocycles. The van der Waals surface area contributed by atoms with Crippen LogP contribution in [0.2, 0.25) is 0 Å². The summed E-state index contributed by atoms with van der Waals surface area (Å²) in [6.07, 6.45) is 4.34. The molecule has 0 bridgehead atoms. The maximum Gasteiger partial charge on any atom is 0.505 e. The van der Waals surface area contributed by atoms with Gasteiger partial charge in [-0.3, -0.25) is 4.98 Å². The molecule has 1 atom stereocenters. The maximum atomic E-state index is 10.3. The van der Waals surface area contributed by atoms with Gasteiger partial charge in [0.05, 0.1) is 0 Å². The first-order chi connectivity index (χ1) is 5.29. The second kappa shape index (κ2) is 4.16. The summed E-state index contributed by atoms with van der Waals surface area (Å²) in [5, 5.41) is 0. The first kappa shape index (κ1) is 8.31. The Bertz CT molecular complexity index is 237. The molecule has 1 unspecified atom stereocenters. The molecule has 0 amide bonds. The van der Waals surface area contributed by atoms with Gasteiger partial charge < -0.3 is 0 Å². The van der Waals surface area contributed by atoms with Gasteiger partial charge in [0.15, 0.2) is 6.16 Å². The summed E-state index contributed by atoms with van der Waals surface area (Å²) >= 11 is 0. The number of rotatable bonds is 3. The van der Waals surface area contributed by atoms with Crippen LogP contribution in [0, 0.1) is 0 Å². The van der Waals surface area contributed by atoms with Crippen LogP contribution in [0.3, 0.4) is 0 Å². The third-order valence-electron chi connectivity index (χ3n) is 1.34. The third kappa shape index (κ3) is 3.21. The van der Waals surface area contributed by atoms with Crippen LogP contribution in [-0.4, -0.2) is 16.0 Å². The van der Waals surface area contributed by atoms with Gasteiger partial charge in [-0.05, 0) is 22.3 Å². The Morgan fingerprint density at radius 2 is 2.09 bits per heavy atom. The Balaban J connectivity index is 2.45. The molecule has 1 aromatic heterocycles. The first-order valence-electron chi connectivity index (χ1n) is 3.31. The molecule has 3 nitrogen and oxygen atoms in total. The zero-order valence-corrected chi connectivity index (χ0v) is 6.87. The van der Waals surface area contributed by atoms with Crippen molar-refractivity contribution in [3.63, 3.8) is 0 Å². The molecule has 0 aliphatic heterocycles. The number of aromatic nitrogens is 1. The molecule has 0 aliphatic rings. The fraction of sp³-hybridized carbons (Fsp3) is 0.286. The predicted octanol–water partition coefficient (Wildman–Crippen LogP) is 1.36. The van der Waals surface area contributed by atoms with Crippen LogP contribution in [0.4, 0.5) is 0 Å². The molecule has 0 radical (unpaired) electrons. The first-order valence-corrected chi connectivity index (χ1v) is 4.71. The van der Waals surface area contributed by atoms with Crippen molar-refractivity contribution in [3.8, 4) is 0 Å². The van der Waals surface area contributed by atoms with Crippen molar-refractivity contribution < 1.29 is 9.46 Å². The summed E-state index contributed by atoms with van der Waals surface area (Å²) < 4.78 is 10.3. The zero-order chi connectivity index (χ0) is 8.10. The van der Waals surface area contributed by atoms with E-state index in [0.29, 0.717) is 12.6 Å². The van der Waals surface area contributed by atoms with Crippen LogP contribution in [0.25, 0.3) is 0 Å². The molecule has 11 heavy (non-hydrogen) atoms. The van der Waals surface area contributed by atoms with Crippen LogP contribution in [0.5, 0.6) is 0 Å². The molecule has 0 saturated carbocycles. The molecule has 0 saturated heterocycles. The highest BCUT2D eigenvalue weighted by atomic mass is 31.1. The highest BCUT2D eigenvalue weighted by Crippen LogP contribution is 2.14. The predicted molar refractivity (Wildman–Crippen MR) is 42.6 cm³/mol. The molecule has 1 N–H and O–H groups in total. The topological polar surface area (TPSA) is 50.2 Å². The average Bonchev–Trinajstić information content (AvgIpc) is 2.03. The van der Waals surface area contributed by atoms with Crippen molar-refractivity contribution in [2.45, 2.75) is 6.42 Å². The molecule has 4 heteroatoms. The van der Waals surface area contributed by atoms with Gasteiger partial charge in [-0.2, -0.15) is 4.89 Å². The Labute approximate surface area is 66.0 Å². The van der Waals surface area contributed by atoms with Crippen molar-refractivity contribution in [1.29, 1.82) is 0 Å². The number of hydrogen-bond donors (Lipinski definition) is 1. The maximum absolute atomic E-state index is 10.3. The second-order valence-corrected chi connectivity index (χ2v) is 3.33. The molecule has 58 valence electrons. The Morgan fingerprint density at radius 1 is 1.45 bits per heavy atom. The van der Waals surface area contributed by atoms with Crippen molar-refractivity contribution in [3.05, 3.63) is 30.1 Å². The normalized spacial score (nSPS) is 11.2. The van der Waals surface area contributed by atoms with E-state index in [1.807, 2.05) is 12.1 Å². The van der Waals surface area contributed by atoms with Gasteiger partial charge in [-0.1, -0.05) is 0 Å². The van der Waals surface area contributed by atoms with Crippen LogP contribution in [0.1, 0.15) is 5.56 Å². The van der Waals surface area contributed by atoms with E-state index in [-0.39, 0.29) is 0 Å². The van der Waals surface area contributed by atoms with Crippen molar-refractivity contribution in [1.82, 2.24) is 4.98 Å². The van der Waals surface area contributed by atoms with Gasteiger partial charge >= 0.3 is 8.03 Å². The van der Waals surface area contributed by atoms with Crippen LogP contribution in [0.15, 0.2) is 24.5 Å². The van der Waals surface area contributed by atoms with E-state index < -0.39 is 8.03 Å². The number of nitrogens with zero attached hydrogens (tertiary/aromatic N) is 1. The fourth-order valence-electron chi connectivity index (χ4n) is 0.774. The summed E-state index contributed by atoms with van der Waals surface area (Å²) in [5.74, 6) is 0. The number of pyridine rings is 1. The molecular formula is C7H9NO2P+. The largest absolute Gasteiger partial charge is 0.505 e. The summed E-state index contributed by atoms with van der Waals surface area (Å²) in [5.41, 5.74) is 1.05. The lowest BCUT2D eigenvalue weighted by Gasteiger charge is -1.90. The zero-order valence-electron chi connectivity index (χ0n) is 5.97. The lowest BCUT2D eigenvalue weighted by atomic mass is 10.2. The monoisotopic (exact) mass is 170 g/mol. The molecule has 1 aromatic rings. The minimum atomic E-state index is -1.99. The van der Waals surface area contributed by atoms with Gasteiger partial charge in [0.1, 0.15) is 0 Å². The molecule has 0 spiro atoms. The fourth-order valence-corrected chi connectivity index (χ4v) is 1.22. The Hall–Kier alpha value is -0.790. The van der Waals surface area contributed by atoms with Crippen LogP contribution < -0.4 is 0 Å². The SMILES string of the molecule is O=[P+](O)CCc1ccncc1. The van der Waals surface area contributed by atoms with Gasteiger partial charge in [0.2, 0.25) is 0 Å². The van der Waals surface area contributed by atoms with Crippen LogP contribution in [-0.2, 0) is 11.0 Å². The van der Waals surface area contributed by atoms with E-state index in [0.717, 1.165) is 5.56 Å². The molecule has 0 aromatic carbocycles. The van der Waals surface area contributed by atoms with Gasteiger partial charge in [-0.15, -0.1) is 0 Å². The van der Waals surface area contributed by atoms with Gasteiger partial charge in [-0.25, -0.2) is 0 Å². The van der Waals surface area contributed by atoms with E-state index in [1.165, 1.54) is 0 Å². The number of hydrogen-bond acceptors (Lipinski definition) is 2. The highest BCUT2D eigenvalue weighted by Gasteiger charge is 2.08. The summed E-state index contributed by atoms with van der Waals surface area (Å²) in [6, 6.07) is 3.69. The minimum absolute atomic E-state index is 0.333. The molecule has 1 rings (SSSR count). The van der Waals surface area contributed by atoms with E-state index in [1.54, 1.807) is 12.4 Å². The van der Waals surface area contributed by atoms with E-state index in [9.17, 15) is 4.57 Å². The molecule has 0 aliphatic carbocycles. The Kier molecular flexibility index (Phi) is 3.14. The Morgan fingerprint density at radius 3 is 2.64 bits per heavy atom. The highest BCUT2D eigenvalue weighted by molar-refractivity contribution is 7.37. The van der Waals surface area contributed by atoms with Crippen molar-refractivity contribution >= 4 is 8.03 Å². The van der Waals surface area contributed by atoms with E-state index in [4.69, 9.17) is 4.89 Å². The molecular weight excluding hydrogens is 161 g/mol. The molecule has 0 fully saturated rings. The lowest BCUT2D eigenvalue weighted by molar-refractivity contribution is 0.502. The minimum Gasteiger partial charge on any atom is -0.265 e. The average molecular weight is 170 g/mol. The lowest BCUT2D eigenvalue weighted by Crippen LogP contribution is -1.87. The summed E-state index contributed by atoms with van der Waals surface area (Å²) in [4.78, 5) is 12.3. The van der Waals surface area contributed by atoms with Gasteiger partial charge in [0.25, 0.3) is 0 Å². The van der Waals surface area contributed by atoms with Crippen molar-refractivity contribution in [2.75, 3.05) is 6.16 Å². The standard InChI is InChI=1S/C7H8NO2P/c9-11(10)6-3-7-1-4-8-5-2-7/h1-2,4-5H,3,6H2/p+1. The quantitative estimate of drug-likeness (QED) is 0.696. The van der Waals surface area contributed by atoms with Crippen molar-refractivity contribution in [2.24, 2.45) is 0 Å². The second-order valence-electron chi connectivity index (χ2n) is 2.18. The third-order valence-corrected chi connectivity index (χ3v) is 1.95. The van der Waals surface area contributed by atoms with Crippen LogP contribution >= 0.6 is 8.03 Å². The summed E-state index contributed by atoms with van der Waals surface area (Å²) in [7, 11) is -1.99. The van der Waals surface area contributed by atoms with Gasteiger partial charge in [0, 0.05) is 18.8 Å². The smallest absolute Gasteiger partial charge is 0.265 e.